The quantitative estimate of drug-likeness (QED) is 0.876. The van der Waals surface area contributed by atoms with Gasteiger partial charge in [0.05, 0.1) is 28.8 Å². The molecule has 2 aromatic rings. The summed E-state index contributed by atoms with van der Waals surface area (Å²) in [5, 5.41) is 12.3. The van der Waals surface area contributed by atoms with Crippen LogP contribution in [0.5, 0.6) is 0 Å². The summed E-state index contributed by atoms with van der Waals surface area (Å²) in [5.74, 6) is -0.992. The summed E-state index contributed by atoms with van der Waals surface area (Å²) < 4.78 is 4.93. The number of carboxylic acids is 1. The van der Waals surface area contributed by atoms with E-state index >= 15 is 0 Å². The smallest absolute Gasteiger partial charge is 0.335 e. The lowest BCUT2D eigenvalue weighted by atomic mass is 10.2. The summed E-state index contributed by atoms with van der Waals surface area (Å²) in [7, 11) is 0. The third kappa shape index (κ3) is 2.79. The molecule has 1 heterocycles. The minimum Gasteiger partial charge on any atom is -0.478 e. The lowest BCUT2D eigenvalue weighted by Gasteiger charge is -2.07. The first-order chi connectivity index (χ1) is 8.16. The van der Waals surface area contributed by atoms with Crippen molar-refractivity contribution >= 4 is 23.3 Å². The second-order valence-corrected chi connectivity index (χ2v) is 3.89. The van der Waals surface area contributed by atoms with Crippen LogP contribution >= 0.6 is 11.6 Å². The number of carbonyl (C=O) groups is 1. The molecule has 4 nitrogen and oxygen atoms in total. The molecule has 0 aliphatic heterocycles. The third-order valence-corrected chi connectivity index (χ3v) is 2.59. The molecular weight excluding hydrogens is 242 g/mol. The molecule has 5 heteroatoms. The van der Waals surface area contributed by atoms with Crippen LogP contribution in [-0.4, -0.2) is 11.1 Å². The summed E-state index contributed by atoms with van der Waals surface area (Å²) in [6.07, 6.45) is 3.22. The number of hydrogen-bond donors (Lipinski definition) is 2. The van der Waals surface area contributed by atoms with Crippen molar-refractivity contribution in [2.75, 3.05) is 5.32 Å². The number of nitrogens with one attached hydrogen (secondary N) is 1. The number of carboxylic acid groups (broad SMARTS) is 1. The van der Waals surface area contributed by atoms with Gasteiger partial charge in [-0.15, -0.1) is 0 Å². The van der Waals surface area contributed by atoms with Gasteiger partial charge in [-0.05, 0) is 24.3 Å². The molecule has 17 heavy (non-hydrogen) atoms. The van der Waals surface area contributed by atoms with Crippen LogP contribution in [0.15, 0.2) is 41.2 Å². The van der Waals surface area contributed by atoms with E-state index in [1.807, 2.05) is 6.07 Å². The van der Waals surface area contributed by atoms with Crippen LogP contribution in [-0.2, 0) is 6.54 Å². The van der Waals surface area contributed by atoms with E-state index in [1.54, 1.807) is 18.6 Å². The van der Waals surface area contributed by atoms with Gasteiger partial charge in [-0.2, -0.15) is 0 Å². The van der Waals surface area contributed by atoms with Gasteiger partial charge in [-0.25, -0.2) is 4.79 Å². The Morgan fingerprint density at radius 3 is 2.82 bits per heavy atom. The highest BCUT2D eigenvalue weighted by Crippen LogP contribution is 2.23. The van der Waals surface area contributed by atoms with Gasteiger partial charge in [-0.3, -0.25) is 0 Å². The molecule has 0 bridgehead atoms. The molecule has 2 rings (SSSR count). The predicted molar refractivity (Wildman–Crippen MR) is 64.4 cm³/mol. The number of aromatic carboxylic acids is 1. The summed E-state index contributed by atoms with van der Waals surface area (Å²) in [4.78, 5) is 10.7. The highest BCUT2D eigenvalue weighted by Gasteiger charge is 2.06. The van der Waals surface area contributed by atoms with Crippen LogP contribution in [0.3, 0.4) is 0 Å². The summed E-state index contributed by atoms with van der Waals surface area (Å²) in [6, 6.07) is 6.41. The molecule has 0 aliphatic rings. The normalized spacial score (nSPS) is 10.2. The Morgan fingerprint density at radius 1 is 1.41 bits per heavy atom. The van der Waals surface area contributed by atoms with Gasteiger partial charge >= 0.3 is 5.97 Å². The van der Waals surface area contributed by atoms with Gasteiger partial charge in [-0.1, -0.05) is 11.6 Å². The zero-order valence-corrected chi connectivity index (χ0v) is 9.57. The fraction of sp³-hybridized carbons (Fsp3) is 0.0833. The molecule has 1 aromatic carbocycles. The first-order valence-electron chi connectivity index (χ1n) is 4.94. The van der Waals surface area contributed by atoms with Crippen LogP contribution in [0.2, 0.25) is 5.02 Å². The first kappa shape index (κ1) is 11.5. The van der Waals surface area contributed by atoms with Gasteiger partial charge in [0.2, 0.25) is 0 Å². The van der Waals surface area contributed by atoms with Crippen LogP contribution in [0.25, 0.3) is 0 Å². The number of rotatable bonds is 4. The standard InChI is InChI=1S/C12H10ClNO3/c13-10-5-9(12(15)16)1-2-11(10)14-6-8-3-4-17-7-8/h1-5,7,14H,6H2,(H,15,16). The molecule has 88 valence electrons. The molecule has 0 fully saturated rings. The van der Waals surface area contributed by atoms with E-state index in [2.05, 4.69) is 5.32 Å². The van der Waals surface area contributed by atoms with Crippen molar-refractivity contribution in [3.05, 3.63) is 52.9 Å². The molecule has 0 saturated heterocycles. The van der Waals surface area contributed by atoms with E-state index in [0.717, 1.165) is 5.56 Å². The second-order valence-electron chi connectivity index (χ2n) is 3.48. The molecule has 0 radical (unpaired) electrons. The molecule has 2 N–H and O–H groups in total. The molecule has 0 aliphatic carbocycles. The summed E-state index contributed by atoms with van der Waals surface area (Å²) >= 11 is 5.96. The van der Waals surface area contributed by atoms with Crippen molar-refractivity contribution in [2.45, 2.75) is 6.54 Å². The lowest BCUT2D eigenvalue weighted by molar-refractivity contribution is 0.0697. The Bertz CT molecular complexity index is 523. The minimum absolute atomic E-state index is 0.170. The fourth-order valence-corrected chi connectivity index (χ4v) is 1.63. The average molecular weight is 252 g/mol. The van der Waals surface area contributed by atoms with E-state index < -0.39 is 5.97 Å². The largest absolute Gasteiger partial charge is 0.478 e. The number of anilines is 1. The van der Waals surface area contributed by atoms with Crippen molar-refractivity contribution in [3.63, 3.8) is 0 Å². The van der Waals surface area contributed by atoms with E-state index in [-0.39, 0.29) is 5.56 Å². The first-order valence-corrected chi connectivity index (χ1v) is 5.32. The highest BCUT2D eigenvalue weighted by molar-refractivity contribution is 6.33. The highest BCUT2D eigenvalue weighted by atomic mass is 35.5. The maximum Gasteiger partial charge on any atom is 0.335 e. The van der Waals surface area contributed by atoms with Gasteiger partial charge < -0.3 is 14.8 Å². The van der Waals surface area contributed by atoms with Crippen LogP contribution < -0.4 is 5.32 Å². The van der Waals surface area contributed by atoms with Crippen molar-refractivity contribution in [3.8, 4) is 0 Å². The maximum atomic E-state index is 10.7. The molecule has 0 saturated carbocycles. The van der Waals surface area contributed by atoms with E-state index in [1.165, 1.54) is 12.1 Å². The summed E-state index contributed by atoms with van der Waals surface area (Å²) in [6.45, 7) is 0.572. The Kier molecular flexibility index (Phi) is 3.35. The monoisotopic (exact) mass is 251 g/mol. The number of benzene rings is 1. The van der Waals surface area contributed by atoms with E-state index in [0.29, 0.717) is 17.3 Å². The van der Waals surface area contributed by atoms with Gasteiger partial charge in [0.15, 0.2) is 0 Å². The molecule has 0 unspecified atom stereocenters. The fourth-order valence-electron chi connectivity index (χ4n) is 1.38. The summed E-state index contributed by atoms with van der Waals surface area (Å²) in [5.41, 5.74) is 1.85. The van der Waals surface area contributed by atoms with Crippen molar-refractivity contribution in [1.82, 2.24) is 0 Å². The van der Waals surface area contributed by atoms with Crippen molar-refractivity contribution in [1.29, 1.82) is 0 Å². The average Bonchev–Trinajstić information content (AvgIpc) is 2.80. The van der Waals surface area contributed by atoms with E-state index in [9.17, 15) is 4.79 Å². The Hall–Kier alpha value is -1.94. The molecular formula is C12H10ClNO3. The van der Waals surface area contributed by atoms with Crippen LogP contribution in [0.1, 0.15) is 15.9 Å². The Balaban J connectivity index is 2.09. The molecule has 0 amide bonds. The number of hydrogen-bond acceptors (Lipinski definition) is 3. The van der Waals surface area contributed by atoms with Crippen LogP contribution in [0.4, 0.5) is 5.69 Å². The molecule has 1 aromatic heterocycles. The Morgan fingerprint density at radius 2 is 2.24 bits per heavy atom. The van der Waals surface area contributed by atoms with E-state index in [4.69, 9.17) is 21.1 Å². The van der Waals surface area contributed by atoms with Gasteiger partial charge in [0.25, 0.3) is 0 Å². The second kappa shape index (κ2) is 4.93. The van der Waals surface area contributed by atoms with Gasteiger partial charge in [0.1, 0.15) is 0 Å². The van der Waals surface area contributed by atoms with Crippen molar-refractivity contribution < 1.29 is 14.3 Å². The number of furan rings is 1. The topological polar surface area (TPSA) is 62.5 Å². The zero-order valence-electron chi connectivity index (χ0n) is 8.81. The van der Waals surface area contributed by atoms with Gasteiger partial charge in [0, 0.05) is 12.1 Å². The zero-order chi connectivity index (χ0) is 12.3. The molecule has 0 spiro atoms. The van der Waals surface area contributed by atoms with Crippen molar-refractivity contribution in [2.24, 2.45) is 0 Å². The predicted octanol–water partition coefficient (Wildman–Crippen LogP) is 3.24. The third-order valence-electron chi connectivity index (χ3n) is 2.28. The Labute approximate surface area is 103 Å². The molecule has 0 atom stereocenters. The van der Waals surface area contributed by atoms with Crippen LogP contribution in [0, 0.1) is 0 Å². The maximum absolute atomic E-state index is 10.7. The number of halogens is 1. The lowest BCUT2D eigenvalue weighted by Crippen LogP contribution is -2.01. The SMILES string of the molecule is O=C(O)c1ccc(NCc2ccoc2)c(Cl)c1. The minimum atomic E-state index is -0.992.